The number of aliphatic carboxylic acids is 2. The third kappa shape index (κ3) is 6.79. The second kappa shape index (κ2) is 11.8. The molecule has 2 aromatic rings. The van der Waals surface area contributed by atoms with Crippen molar-refractivity contribution >= 4 is 41.5 Å². The fourth-order valence-electron chi connectivity index (χ4n) is 3.59. The highest BCUT2D eigenvalue weighted by Gasteiger charge is 2.34. The van der Waals surface area contributed by atoms with E-state index >= 15 is 0 Å². The number of phenols is 1. The van der Waals surface area contributed by atoms with Gasteiger partial charge in [0.25, 0.3) is 5.91 Å². The predicted molar refractivity (Wildman–Crippen MR) is 132 cm³/mol. The largest absolute Gasteiger partial charge is 0.506 e. The van der Waals surface area contributed by atoms with Gasteiger partial charge in [-0.3, -0.25) is 9.59 Å². The van der Waals surface area contributed by atoms with Crippen molar-refractivity contribution in [3.05, 3.63) is 58.5 Å². The minimum Gasteiger partial charge on any atom is -0.506 e. The molecule has 12 heteroatoms. The van der Waals surface area contributed by atoms with E-state index in [1.165, 1.54) is 0 Å². The first-order chi connectivity index (χ1) is 19.5. The highest BCUT2D eigenvalue weighted by molar-refractivity contribution is 7.99. The summed E-state index contributed by atoms with van der Waals surface area (Å²) < 4.78 is 44.5. The number of ether oxygens (including phenoxy) is 1. The van der Waals surface area contributed by atoms with Gasteiger partial charge in [0, 0.05) is 30.4 Å². The number of amides is 2. The number of hydrogen-bond donors (Lipinski definition) is 5. The predicted octanol–water partition coefficient (Wildman–Crippen LogP) is 1.60. The SMILES string of the molecule is [2H]c1c([2H])c([2H])c(C[C@H](NC(=O)c2cc(SC[C@H](NC(C)=O)C(=O)O)c3c(c2O)C(=O)O[C@H](C)C3)C(=O)O)c([2H])c1[2H]. The second-order valence-corrected chi connectivity index (χ2v) is 9.18. The van der Waals surface area contributed by atoms with E-state index in [-0.39, 0.29) is 33.8 Å². The summed E-state index contributed by atoms with van der Waals surface area (Å²) in [5, 5.41) is 34.5. The van der Waals surface area contributed by atoms with Gasteiger partial charge in [0.15, 0.2) is 0 Å². The first-order valence-corrected chi connectivity index (χ1v) is 11.9. The summed E-state index contributed by atoms with van der Waals surface area (Å²) in [5.41, 5.74) is -1.03. The van der Waals surface area contributed by atoms with E-state index in [0.717, 1.165) is 24.8 Å². The van der Waals surface area contributed by atoms with Gasteiger partial charge in [0.1, 0.15) is 29.5 Å². The monoisotopic (exact) mass is 535 g/mol. The Kier molecular flexibility index (Phi) is 6.71. The van der Waals surface area contributed by atoms with Gasteiger partial charge >= 0.3 is 17.9 Å². The molecule has 2 aromatic carbocycles. The van der Waals surface area contributed by atoms with Crippen molar-refractivity contribution in [2.45, 2.75) is 49.8 Å². The van der Waals surface area contributed by atoms with Crippen molar-refractivity contribution in [1.82, 2.24) is 10.6 Å². The molecule has 0 saturated heterocycles. The molecule has 0 aliphatic carbocycles. The molecule has 0 aromatic heterocycles. The zero-order valence-corrected chi connectivity index (χ0v) is 20.4. The van der Waals surface area contributed by atoms with Crippen LogP contribution in [0.5, 0.6) is 5.75 Å². The van der Waals surface area contributed by atoms with E-state index in [9.17, 15) is 39.3 Å². The quantitative estimate of drug-likeness (QED) is 0.222. The molecule has 1 aliphatic heterocycles. The molecule has 0 fully saturated rings. The number of cyclic esters (lactones) is 1. The molecule has 196 valence electrons. The number of aromatic hydroxyl groups is 1. The van der Waals surface area contributed by atoms with Crippen molar-refractivity contribution in [2.24, 2.45) is 0 Å². The molecule has 1 heterocycles. The standard InChI is InChI=1S/C25H26N2O9S/c1-12-8-15-19(37-11-18(24(33)34)26-13(2)28)10-16(21(29)20(15)25(35)36-12)22(30)27-17(23(31)32)9-14-6-4-3-5-7-14/h3-7,10,12,17-18,29H,8-9,11H2,1-2H3,(H,26,28)(H,27,30)(H,31,32)(H,33,34)/t12-,17+,18+/m1/s1/i3D,4D,5D,6D,7D. The van der Waals surface area contributed by atoms with Crippen LogP contribution >= 0.6 is 11.8 Å². The molecular weight excluding hydrogens is 504 g/mol. The number of carboxylic acids is 2. The number of nitrogens with one attached hydrogen (secondary N) is 2. The van der Waals surface area contributed by atoms with Crippen molar-refractivity contribution in [3.63, 3.8) is 0 Å². The summed E-state index contributed by atoms with van der Waals surface area (Å²) in [6.45, 7) is 2.72. The molecule has 2 amide bonds. The Bertz CT molecular complexity index is 1470. The number of fused-ring (bicyclic) bond motifs is 1. The number of thioether (sulfide) groups is 1. The number of carbonyl (C=O) groups excluding carboxylic acids is 3. The molecule has 11 nitrogen and oxygen atoms in total. The van der Waals surface area contributed by atoms with E-state index in [2.05, 4.69) is 10.6 Å². The molecular formula is C25H26N2O9S. The molecule has 0 saturated carbocycles. The van der Waals surface area contributed by atoms with Crippen molar-refractivity contribution < 1.29 is 50.9 Å². The van der Waals surface area contributed by atoms with E-state index in [4.69, 9.17) is 11.6 Å². The Balaban J connectivity index is 2.02. The minimum atomic E-state index is -1.82. The lowest BCUT2D eigenvalue weighted by Crippen LogP contribution is -2.42. The van der Waals surface area contributed by atoms with Gasteiger partial charge in [-0.2, -0.15) is 0 Å². The van der Waals surface area contributed by atoms with Gasteiger partial charge in [0.2, 0.25) is 5.91 Å². The maximum atomic E-state index is 13.3. The van der Waals surface area contributed by atoms with Gasteiger partial charge in [-0.05, 0) is 24.1 Å². The van der Waals surface area contributed by atoms with Gasteiger partial charge in [-0.25, -0.2) is 14.4 Å². The van der Waals surface area contributed by atoms with Crippen molar-refractivity contribution in [3.8, 4) is 5.75 Å². The highest BCUT2D eigenvalue weighted by atomic mass is 32.2. The Morgan fingerprint density at radius 1 is 1.14 bits per heavy atom. The van der Waals surface area contributed by atoms with Crippen LogP contribution in [0, 0.1) is 0 Å². The van der Waals surface area contributed by atoms with E-state index in [1.807, 2.05) is 0 Å². The first-order valence-electron chi connectivity index (χ1n) is 13.4. The molecule has 0 radical (unpaired) electrons. The van der Waals surface area contributed by atoms with Crippen molar-refractivity contribution in [2.75, 3.05) is 5.75 Å². The van der Waals surface area contributed by atoms with Crippen LogP contribution in [0.4, 0.5) is 0 Å². The molecule has 37 heavy (non-hydrogen) atoms. The molecule has 3 rings (SSSR count). The Hall–Kier alpha value is -4.06. The average molecular weight is 536 g/mol. The maximum Gasteiger partial charge on any atom is 0.342 e. The van der Waals surface area contributed by atoms with Crippen LogP contribution in [-0.4, -0.2) is 69.0 Å². The lowest BCUT2D eigenvalue weighted by molar-refractivity contribution is -0.141. The number of hydrogen-bond acceptors (Lipinski definition) is 8. The zero-order chi connectivity index (χ0) is 31.6. The zero-order valence-electron chi connectivity index (χ0n) is 24.6. The number of rotatable bonds is 10. The smallest absolute Gasteiger partial charge is 0.342 e. The van der Waals surface area contributed by atoms with Crippen molar-refractivity contribution in [1.29, 1.82) is 0 Å². The van der Waals surface area contributed by atoms with Gasteiger partial charge in [-0.1, -0.05) is 30.2 Å². The lowest BCUT2D eigenvalue weighted by Gasteiger charge is -2.26. The van der Waals surface area contributed by atoms with Gasteiger partial charge < -0.3 is 30.7 Å². The van der Waals surface area contributed by atoms with Gasteiger partial charge in [-0.15, -0.1) is 11.8 Å². The second-order valence-electron chi connectivity index (χ2n) is 8.12. The Labute approximate surface area is 223 Å². The molecule has 3 atom stereocenters. The van der Waals surface area contributed by atoms with E-state index in [0.29, 0.717) is 0 Å². The number of carboxylic acid groups (broad SMARTS) is 2. The normalized spacial score (nSPS) is 17.9. The fraction of sp³-hybridized carbons (Fsp3) is 0.320. The molecule has 0 bridgehead atoms. The van der Waals surface area contributed by atoms with E-state index in [1.54, 1.807) is 6.92 Å². The van der Waals surface area contributed by atoms with Crippen LogP contribution in [0.15, 0.2) is 41.2 Å². The summed E-state index contributed by atoms with van der Waals surface area (Å²) in [7, 11) is 0. The molecule has 0 unspecified atom stereocenters. The summed E-state index contributed by atoms with van der Waals surface area (Å²) in [6, 6.07) is -5.38. The third-order valence-corrected chi connectivity index (χ3v) is 6.43. The number of esters is 1. The Morgan fingerprint density at radius 2 is 1.78 bits per heavy atom. The van der Waals surface area contributed by atoms with Gasteiger partial charge in [0.05, 0.1) is 12.4 Å². The van der Waals surface area contributed by atoms with Crippen LogP contribution < -0.4 is 10.6 Å². The minimum absolute atomic E-state index is 0.101. The molecule has 1 aliphatic rings. The van der Waals surface area contributed by atoms with Crippen LogP contribution in [0.2, 0.25) is 0 Å². The number of phenolic OH excluding ortho intramolecular Hbond substituents is 1. The Morgan fingerprint density at radius 3 is 2.38 bits per heavy atom. The first kappa shape index (κ1) is 21.1. The van der Waals surface area contributed by atoms with E-state index < -0.39 is 95.9 Å². The summed E-state index contributed by atoms with van der Waals surface area (Å²) in [6.07, 6.45) is -1.23. The lowest BCUT2D eigenvalue weighted by atomic mass is 9.95. The summed E-state index contributed by atoms with van der Waals surface area (Å²) in [4.78, 5) is 61.3. The van der Waals surface area contributed by atoms with Crippen LogP contribution in [0.25, 0.3) is 0 Å². The van der Waals surface area contributed by atoms with Crippen LogP contribution in [0.1, 0.15) is 52.5 Å². The molecule has 5 N–H and O–H groups in total. The van der Waals surface area contributed by atoms with Crippen LogP contribution in [0.3, 0.4) is 0 Å². The third-order valence-electron chi connectivity index (χ3n) is 5.26. The summed E-state index contributed by atoms with van der Waals surface area (Å²) in [5.74, 6) is -6.75. The fourth-order valence-corrected chi connectivity index (χ4v) is 4.73. The topological polar surface area (TPSA) is 179 Å². The number of benzene rings is 2. The molecule has 0 spiro atoms. The number of carbonyl (C=O) groups is 5. The maximum absolute atomic E-state index is 13.3. The highest BCUT2D eigenvalue weighted by Crippen LogP contribution is 2.39. The van der Waals surface area contributed by atoms with Crippen LogP contribution in [-0.2, 0) is 32.0 Å². The average Bonchev–Trinajstić information content (AvgIpc) is 2.90. The summed E-state index contributed by atoms with van der Waals surface area (Å²) >= 11 is 0.874.